The highest BCUT2D eigenvalue weighted by atomic mass is 16.7. The third-order valence-electron chi connectivity index (χ3n) is 2.21. The van der Waals surface area contributed by atoms with Gasteiger partial charge in [-0.15, -0.1) is 0 Å². The zero-order chi connectivity index (χ0) is 9.97. The monoisotopic (exact) mass is 193 g/mol. The Labute approximate surface area is 82.8 Å². The maximum absolute atomic E-state index is 9.16. The van der Waals surface area contributed by atoms with Crippen LogP contribution in [0.25, 0.3) is 0 Å². The van der Waals surface area contributed by atoms with Gasteiger partial charge in [0.2, 0.25) is 0 Å². The number of rotatable bonds is 1. The van der Waals surface area contributed by atoms with Crippen LogP contribution in [-0.2, 0) is 9.31 Å². The van der Waals surface area contributed by atoms with E-state index in [9.17, 15) is 0 Å². The molecule has 0 bridgehead atoms. The van der Waals surface area contributed by atoms with Crippen molar-refractivity contribution in [3.8, 4) is 0 Å². The van der Waals surface area contributed by atoms with Crippen LogP contribution in [0.4, 0.5) is 0 Å². The van der Waals surface area contributed by atoms with Gasteiger partial charge in [-0.05, 0) is 5.56 Å². The summed E-state index contributed by atoms with van der Waals surface area (Å²) in [6.07, 6.45) is -0.292. The van der Waals surface area contributed by atoms with Crippen LogP contribution >= 0.6 is 0 Å². The SMILES string of the molecule is N[C@@H]1COB(O)O[C@H]1c1ccccc1. The van der Waals surface area contributed by atoms with Gasteiger partial charge in [0, 0.05) is 0 Å². The summed E-state index contributed by atoms with van der Waals surface area (Å²) in [5.41, 5.74) is 6.77. The molecule has 1 saturated heterocycles. The van der Waals surface area contributed by atoms with Crippen molar-refractivity contribution in [3.05, 3.63) is 35.9 Å². The predicted molar refractivity (Wildman–Crippen MR) is 52.2 cm³/mol. The molecule has 1 heterocycles. The van der Waals surface area contributed by atoms with E-state index in [1.54, 1.807) is 0 Å². The second-order valence-electron chi connectivity index (χ2n) is 3.27. The molecule has 0 aliphatic carbocycles. The highest BCUT2D eigenvalue weighted by Crippen LogP contribution is 2.24. The molecule has 14 heavy (non-hydrogen) atoms. The third-order valence-corrected chi connectivity index (χ3v) is 2.21. The van der Waals surface area contributed by atoms with Crippen molar-refractivity contribution in [2.45, 2.75) is 12.1 Å². The smallest absolute Gasteiger partial charge is 0.402 e. The van der Waals surface area contributed by atoms with Crippen LogP contribution in [-0.4, -0.2) is 25.0 Å². The van der Waals surface area contributed by atoms with Crippen molar-refractivity contribution in [1.82, 2.24) is 0 Å². The molecule has 5 heteroatoms. The molecule has 3 N–H and O–H groups in total. The van der Waals surface area contributed by atoms with Crippen LogP contribution in [0.5, 0.6) is 0 Å². The molecule has 2 atom stereocenters. The lowest BCUT2D eigenvalue weighted by Crippen LogP contribution is -2.45. The molecular weight excluding hydrogens is 181 g/mol. The summed E-state index contributed by atoms with van der Waals surface area (Å²) in [6, 6.07) is 9.34. The summed E-state index contributed by atoms with van der Waals surface area (Å²) in [5, 5.41) is 9.16. The van der Waals surface area contributed by atoms with Crippen LogP contribution in [0.3, 0.4) is 0 Å². The lowest BCUT2D eigenvalue weighted by atomic mass is 9.99. The first-order chi connectivity index (χ1) is 6.77. The molecule has 1 aliphatic rings. The van der Waals surface area contributed by atoms with Crippen LogP contribution in [0.1, 0.15) is 11.7 Å². The molecule has 2 rings (SSSR count). The first kappa shape index (κ1) is 9.67. The normalized spacial score (nSPS) is 27.7. The maximum atomic E-state index is 9.16. The van der Waals surface area contributed by atoms with E-state index in [4.69, 9.17) is 20.1 Å². The summed E-state index contributed by atoms with van der Waals surface area (Å²) < 4.78 is 10.0. The standard InChI is InChI=1S/C9H12BNO3/c11-8-6-13-10(12)14-9(8)7-4-2-1-3-5-7/h1-5,8-9,12H,6,11H2/t8-,9+/m1/s1. The Morgan fingerprint density at radius 3 is 2.79 bits per heavy atom. The Hall–Kier alpha value is -0.875. The van der Waals surface area contributed by atoms with E-state index in [0.717, 1.165) is 5.56 Å². The molecule has 1 fully saturated rings. The summed E-state index contributed by atoms with van der Waals surface area (Å²) in [5.74, 6) is 0. The summed E-state index contributed by atoms with van der Waals surface area (Å²) >= 11 is 0. The first-order valence-corrected chi connectivity index (χ1v) is 4.53. The topological polar surface area (TPSA) is 64.7 Å². The predicted octanol–water partition coefficient (Wildman–Crippen LogP) is 0.0790. The van der Waals surface area contributed by atoms with Gasteiger partial charge in [0.25, 0.3) is 0 Å². The van der Waals surface area contributed by atoms with Crippen molar-refractivity contribution in [2.24, 2.45) is 5.73 Å². The molecule has 74 valence electrons. The van der Waals surface area contributed by atoms with Gasteiger partial charge in [0.15, 0.2) is 0 Å². The van der Waals surface area contributed by atoms with Gasteiger partial charge in [-0.25, -0.2) is 0 Å². The highest BCUT2D eigenvalue weighted by molar-refractivity contribution is 6.34. The molecule has 1 aromatic carbocycles. The highest BCUT2D eigenvalue weighted by Gasteiger charge is 2.33. The lowest BCUT2D eigenvalue weighted by molar-refractivity contribution is 0.0102. The second-order valence-corrected chi connectivity index (χ2v) is 3.27. The van der Waals surface area contributed by atoms with Crippen molar-refractivity contribution < 1.29 is 14.3 Å². The Bertz CT molecular complexity index is 295. The average Bonchev–Trinajstić information content (AvgIpc) is 2.23. The van der Waals surface area contributed by atoms with E-state index < -0.39 is 7.32 Å². The Kier molecular flexibility index (Phi) is 2.83. The summed E-state index contributed by atoms with van der Waals surface area (Å²) in [4.78, 5) is 0. The third kappa shape index (κ3) is 1.96. The zero-order valence-corrected chi connectivity index (χ0v) is 7.67. The van der Waals surface area contributed by atoms with E-state index in [0.29, 0.717) is 6.61 Å². The second kappa shape index (κ2) is 4.10. The van der Waals surface area contributed by atoms with Crippen LogP contribution in [0, 0.1) is 0 Å². The number of benzene rings is 1. The van der Waals surface area contributed by atoms with Crippen molar-refractivity contribution in [2.75, 3.05) is 6.61 Å². The Morgan fingerprint density at radius 1 is 1.36 bits per heavy atom. The van der Waals surface area contributed by atoms with Gasteiger partial charge >= 0.3 is 7.32 Å². The molecule has 0 amide bonds. The quantitative estimate of drug-likeness (QED) is 0.619. The van der Waals surface area contributed by atoms with Gasteiger partial charge in [0.1, 0.15) is 0 Å². The fourth-order valence-electron chi connectivity index (χ4n) is 1.51. The van der Waals surface area contributed by atoms with Crippen LogP contribution in [0.15, 0.2) is 30.3 Å². The van der Waals surface area contributed by atoms with E-state index in [1.807, 2.05) is 30.3 Å². The lowest BCUT2D eigenvalue weighted by Gasteiger charge is -2.30. The minimum absolute atomic E-state index is 0.235. The van der Waals surface area contributed by atoms with Crippen molar-refractivity contribution in [3.63, 3.8) is 0 Å². The molecular formula is C9H12BNO3. The fraction of sp³-hybridized carbons (Fsp3) is 0.333. The first-order valence-electron chi connectivity index (χ1n) is 4.53. The van der Waals surface area contributed by atoms with Gasteiger partial charge < -0.3 is 20.1 Å². The number of nitrogens with two attached hydrogens (primary N) is 1. The Balaban J connectivity index is 2.16. The largest absolute Gasteiger partial charge is 0.637 e. The summed E-state index contributed by atoms with van der Waals surface area (Å²) in [7, 11) is -1.17. The molecule has 1 aromatic rings. The van der Waals surface area contributed by atoms with Crippen molar-refractivity contribution >= 4 is 7.32 Å². The van der Waals surface area contributed by atoms with E-state index in [1.165, 1.54) is 0 Å². The van der Waals surface area contributed by atoms with Gasteiger partial charge in [-0.2, -0.15) is 0 Å². The van der Waals surface area contributed by atoms with E-state index in [2.05, 4.69) is 0 Å². The molecule has 4 nitrogen and oxygen atoms in total. The fourth-order valence-corrected chi connectivity index (χ4v) is 1.51. The molecule has 0 unspecified atom stereocenters. The average molecular weight is 193 g/mol. The number of hydrogen-bond donors (Lipinski definition) is 2. The zero-order valence-electron chi connectivity index (χ0n) is 7.67. The minimum atomic E-state index is -1.17. The number of hydrogen-bond acceptors (Lipinski definition) is 4. The van der Waals surface area contributed by atoms with Gasteiger partial charge in [0.05, 0.1) is 18.8 Å². The Morgan fingerprint density at radius 2 is 2.07 bits per heavy atom. The maximum Gasteiger partial charge on any atom is 0.637 e. The molecule has 1 aliphatic heterocycles. The molecule has 0 spiro atoms. The molecule has 0 saturated carbocycles. The molecule has 0 aromatic heterocycles. The van der Waals surface area contributed by atoms with Gasteiger partial charge in [-0.1, -0.05) is 30.3 Å². The van der Waals surface area contributed by atoms with E-state index in [-0.39, 0.29) is 12.1 Å². The van der Waals surface area contributed by atoms with Gasteiger partial charge in [-0.3, -0.25) is 0 Å². The van der Waals surface area contributed by atoms with Crippen LogP contribution < -0.4 is 5.73 Å². The molecule has 0 radical (unpaired) electrons. The summed E-state index contributed by atoms with van der Waals surface area (Å²) in [6.45, 7) is 0.306. The van der Waals surface area contributed by atoms with Crippen LogP contribution in [0.2, 0.25) is 0 Å². The minimum Gasteiger partial charge on any atom is -0.402 e. The van der Waals surface area contributed by atoms with Crippen molar-refractivity contribution in [1.29, 1.82) is 0 Å². The van der Waals surface area contributed by atoms with E-state index >= 15 is 0 Å².